The molecule has 1 rings (SSSR count). The Kier molecular flexibility index (Phi) is 6.19. The molecule has 0 saturated carbocycles. The Hall–Kier alpha value is -2.57. The first-order chi connectivity index (χ1) is 9.92. The highest BCUT2D eigenvalue weighted by Crippen LogP contribution is 2.16. The molecule has 0 heterocycles. The number of ether oxygens (including phenoxy) is 1. The van der Waals surface area contributed by atoms with Crippen LogP contribution >= 0.6 is 0 Å². The molecule has 7 nitrogen and oxygen atoms in total. The molecule has 7 heteroatoms. The van der Waals surface area contributed by atoms with Crippen LogP contribution in [0, 0.1) is 13.8 Å². The van der Waals surface area contributed by atoms with Crippen molar-refractivity contribution in [2.24, 2.45) is 0 Å². The van der Waals surface area contributed by atoms with Crippen molar-refractivity contribution in [1.82, 2.24) is 10.9 Å². The molecule has 1 aromatic rings. The molecule has 3 N–H and O–H groups in total. The molecule has 0 unspecified atom stereocenters. The second kappa shape index (κ2) is 7.88. The lowest BCUT2D eigenvalue weighted by Crippen LogP contribution is -2.41. The number of aryl methyl sites for hydroxylation is 2. The van der Waals surface area contributed by atoms with Crippen molar-refractivity contribution in [3.05, 3.63) is 29.3 Å². The van der Waals surface area contributed by atoms with Crippen molar-refractivity contribution >= 4 is 23.6 Å². The van der Waals surface area contributed by atoms with Crippen LogP contribution in [0.2, 0.25) is 0 Å². The molecule has 0 saturated heterocycles. The first kappa shape index (κ1) is 16.5. The van der Waals surface area contributed by atoms with Gasteiger partial charge in [0, 0.05) is 18.5 Å². The van der Waals surface area contributed by atoms with E-state index in [-0.39, 0.29) is 18.7 Å². The van der Waals surface area contributed by atoms with E-state index < -0.39 is 12.0 Å². The SMILES string of the molecule is COC(=O)NNC(=O)CCC(=O)Nc1cc(C)ccc1C. The lowest BCUT2D eigenvalue weighted by molar-refractivity contribution is -0.124. The van der Waals surface area contributed by atoms with Crippen LogP contribution in [0.4, 0.5) is 10.5 Å². The third-order valence-corrected chi connectivity index (χ3v) is 2.74. The highest BCUT2D eigenvalue weighted by Gasteiger charge is 2.09. The van der Waals surface area contributed by atoms with E-state index in [4.69, 9.17) is 0 Å². The van der Waals surface area contributed by atoms with Gasteiger partial charge in [-0.05, 0) is 31.0 Å². The van der Waals surface area contributed by atoms with E-state index in [9.17, 15) is 14.4 Å². The number of carbonyl (C=O) groups is 3. The quantitative estimate of drug-likeness (QED) is 0.731. The number of rotatable bonds is 4. The van der Waals surface area contributed by atoms with Crippen molar-refractivity contribution < 1.29 is 19.1 Å². The van der Waals surface area contributed by atoms with Gasteiger partial charge >= 0.3 is 6.09 Å². The molecule has 0 fully saturated rings. The van der Waals surface area contributed by atoms with Gasteiger partial charge in [0.25, 0.3) is 0 Å². The summed E-state index contributed by atoms with van der Waals surface area (Å²) in [6.45, 7) is 3.82. The number of amides is 3. The van der Waals surface area contributed by atoms with E-state index in [1.807, 2.05) is 37.5 Å². The summed E-state index contributed by atoms with van der Waals surface area (Å²) in [5.74, 6) is -0.742. The van der Waals surface area contributed by atoms with Crippen molar-refractivity contribution in [2.45, 2.75) is 26.7 Å². The minimum atomic E-state index is -0.775. The lowest BCUT2D eigenvalue weighted by Gasteiger charge is -2.09. The Balaban J connectivity index is 2.39. The second-order valence-electron chi connectivity index (χ2n) is 4.53. The number of carbonyl (C=O) groups excluding carboxylic acids is 3. The average Bonchev–Trinajstić information content (AvgIpc) is 2.46. The first-order valence-corrected chi connectivity index (χ1v) is 6.42. The Labute approximate surface area is 123 Å². The average molecular weight is 293 g/mol. The normalized spacial score (nSPS) is 9.67. The maximum Gasteiger partial charge on any atom is 0.425 e. The van der Waals surface area contributed by atoms with Gasteiger partial charge in [0.2, 0.25) is 11.8 Å². The molecule has 0 radical (unpaired) electrons. The molecule has 1 aromatic carbocycles. The topological polar surface area (TPSA) is 96.5 Å². The van der Waals surface area contributed by atoms with Gasteiger partial charge in [0.05, 0.1) is 7.11 Å². The number of nitrogens with one attached hydrogen (secondary N) is 3. The fourth-order valence-corrected chi connectivity index (χ4v) is 1.54. The molecule has 114 valence electrons. The smallest absolute Gasteiger partial charge is 0.425 e. The van der Waals surface area contributed by atoms with Crippen molar-refractivity contribution in [3.8, 4) is 0 Å². The zero-order valence-electron chi connectivity index (χ0n) is 12.3. The van der Waals surface area contributed by atoms with Gasteiger partial charge in [-0.2, -0.15) is 0 Å². The predicted molar refractivity (Wildman–Crippen MR) is 77.5 cm³/mol. The van der Waals surface area contributed by atoms with E-state index in [0.29, 0.717) is 0 Å². The Morgan fingerprint density at radius 3 is 2.38 bits per heavy atom. The molecule has 0 aromatic heterocycles. The van der Waals surface area contributed by atoms with Crippen LogP contribution in [0.1, 0.15) is 24.0 Å². The minimum absolute atomic E-state index is 0.0159. The fourth-order valence-electron chi connectivity index (χ4n) is 1.54. The Morgan fingerprint density at radius 2 is 1.71 bits per heavy atom. The number of anilines is 1. The monoisotopic (exact) mass is 293 g/mol. The predicted octanol–water partition coefficient (Wildman–Crippen LogP) is 1.41. The van der Waals surface area contributed by atoms with Gasteiger partial charge < -0.3 is 10.1 Å². The van der Waals surface area contributed by atoms with Crippen LogP contribution in [-0.4, -0.2) is 25.0 Å². The van der Waals surface area contributed by atoms with E-state index in [1.165, 1.54) is 7.11 Å². The summed E-state index contributed by atoms with van der Waals surface area (Å²) in [5, 5.41) is 2.75. The van der Waals surface area contributed by atoms with Crippen LogP contribution in [0.25, 0.3) is 0 Å². The summed E-state index contributed by atoms with van der Waals surface area (Å²) in [4.78, 5) is 33.9. The first-order valence-electron chi connectivity index (χ1n) is 6.42. The van der Waals surface area contributed by atoms with Crippen LogP contribution < -0.4 is 16.2 Å². The van der Waals surface area contributed by atoms with Crippen LogP contribution in [0.5, 0.6) is 0 Å². The number of methoxy groups -OCH3 is 1. The lowest BCUT2D eigenvalue weighted by atomic mass is 10.1. The maximum absolute atomic E-state index is 11.8. The third-order valence-electron chi connectivity index (χ3n) is 2.74. The largest absolute Gasteiger partial charge is 0.452 e. The molecular formula is C14H19N3O4. The van der Waals surface area contributed by atoms with Crippen molar-refractivity contribution in [3.63, 3.8) is 0 Å². The zero-order chi connectivity index (χ0) is 15.8. The highest BCUT2D eigenvalue weighted by atomic mass is 16.5. The number of hydrazine groups is 1. The Bertz CT molecular complexity index is 543. The number of hydrogen-bond donors (Lipinski definition) is 3. The third kappa shape index (κ3) is 5.94. The van der Waals surface area contributed by atoms with Gasteiger partial charge in [-0.25, -0.2) is 10.2 Å². The molecule has 3 amide bonds. The summed E-state index contributed by atoms with van der Waals surface area (Å²) < 4.78 is 4.29. The summed E-state index contributed by atoms with van der Waals surface area (Å²) in [6.07, 6.45) is -0.800. The van der Waals surface area contributed by atoms with Gasteiger partial charge in [-0.3, -0.25) is 15.0 Å². The van der Waals surface area contributed by atoms with E-state index in [2.05, 4.69) is 15.5 Å². The minimum Gasteiger partial charge on any atom is -0.452 e. The summed E-state index contributed by atoms with van der Waals surface area (Å²) in [6, 6.07) is 5.74. The van der Waals surface area contributed by atoms with E-state index in [1.54, 1.807) is 0 Å². The summed E-state index contributed by atoms with van der Waals surface area (Å²) in [7, 11) is 1.18. The zero-order valence-corrected chi connectivity index (χ0v) is 12.3. The molecule has 0 aliphatic carbocycles. The Morgan fingerprint density at radius 1 is 1.05 bits per heavy atom. The molecular weight excluding hydrogens is 274 g/mol. The molecule has 0 aliphatic rings. The van der Waals surface area contributed by atoms with Crippen molar-refractivity contribution in [2.75, 3.05) is 12.4 Å². The van der Waals surface area contributed by atoms with E-state index >= 15 is 0 Å². The summed E-state index contributed by atoms with van der Waals surface area (Å²) >= 11 is 0. The second-order valence-corrected chi connectivity index (χ2v) is 4.53. The summed E-state index contributed by atoms with van der Waals surface area (Å²) in [5.41, 5.74) is 6.88. The van der Waals surface area contributed by atoms with Crippen LogP contribution in [-0.2, 0) is 14.3 Å². The maximum atomic E-state index is 11.8. The van der Waals surface area contributed by atoms with Gasteiger partial charge in [0.1, 0.15) is 0 Å². The highest BCUT2D eigenvalue weighted by molar-refractivity contribution is 5.94. The number of benzene rings is 1. The molecule has 0 atom stereocenters. The van der Waals surface area contributed by atoms with Gasteiger partial charge in [-0.1, -0.05) is 12.1 Å². The van der Waals surface area contributed by atoms with Gasteiger partial charge in [-0.15, -0.1) is 0 Å². The standard InChI is InChI=1S/C14H19N3O4/c1-9-4-5-10(2)11(8-9)15-12(18)6-7-13(19)16-17-14(20)21-3/h4-5,8H,6-7H2,1-3H3,(H,15,18)(H,16,19)(H,17,20). The van der Waals surface area contributed by atoms with Crippen LogP contribution in [0.3, 0.4) is 0 Å². The number of hydrogen-bond acceptors (Lipinski definition) is 4. The molecule has 21 heavy (non-hydrogen) atoms. The molecule has 0 aliphatic heterocycles. The van der Waals surface area contributed by atoms with Crippen molar-refractivity contribution in [1.29, 1.82) is 0 Å². The van der Waals surface area contributed by atoms with Gasteiger partial charge in [0.15, 0.2) is 0 Å². The van der Waals surface area contributed by atoms with Crippen LogP contribution in [0.15, 0.2) is 18.2 Å². The molecule has 0 bridgehead atoms. The molecule has 0 spiro atoms. The fraction of sp³-hybridized carbons (Fsp3) is 0.357. The van der Waals surface area contributed by atoms with E-state index in [0.717, 1.165) is 16.8 Å².